The zero-order valence-electron chi connectivity index (χ0n) is 20.4. The SMILES string of the molecule is CCC(C(=O)NCc1ccccn1)N(c1ccc(C)cc1)S(=O)(=O)c1ccc2c(c1)CN(C)CC2. The van der Waals surface area contributed by atoms with E-state index in [1.54, 1.807) is 30.5 Å². The van der Waals surface area contributed by atoms with Crippen molar-refractivity contribution in [2.45, 2.75) is 50.7 Å². The lowest BCUT2D eigenvalue weighted by Crippen LogP contribution is -2.49. The van der Waals surface area contributed by atoms with E-state index < -0.39 is 16.1 Å². The monoisotopic (exact) mass is 492 g/mol. The van der Waals surface area contributed by atoms with Gasteiger partial charge in [0.25, 0.3) is 10.0 Å². The van der Waals surface area contributed by atoms with E-state index >= 15 is 0 Å². The van der Waals surface area contributed by atoms with E-state index in [0.717, 1.165) is 24.1 Å². The fraction of sp³-hybridized carbons (Fsp3) is 0.333. The van der Waals surface area contributed by atoms with Crippen molar-refractivity contribution in [1.29, 1.82) is 0 Å². The quantitative estimate of drug-likeness (QED) is 0.519. The van der Waals surface area contributed by atoms with Gasteiger partial charge < -0.3 is 10.2 Å². The number of fused-ring (bicyclic) bond motifs is 1. The highest BCUT2D eigenvalue weighted by Crippen LogP contribution is 2.30. The number of aromatic nitrogens is 1. The summed E-state index contributed by atoms with van der Waals surface area (Å²) >= 11 is 0. The number of carbonyl (C=O) groups excluding carboxylic acids is 1. The fourth-order valence-electron chi connectivity index (χ4n) is 4.38. The summed E-state index contributed by atoms with van der Waals surface area (Å²) < 4.78 is 29.4. The topological polar surface area (TPSA) is 82.6 Å². The summed E-state index contributed by atoms with van der Waals surface area (Å²) in [6, 6.07) is 17.1. The minimum Gasteiger partial charge on any atom is -0.349 e. The summed E-state index contributed by atoms with van der Waals surface area (Å²) in [5, 5.41) is 2.88. The number of pyridine rings is 1. The maximum Gasteiger partial charge on any atom is 0.265 e. The first-order valence-corrected chi connectivity index (χ1v) is 13.3. The zero-order valence-corrected chi connectivity index (χ0v) is 21.3. The molecule has 1 N–H and O–H groups in total. The van der Waals surface area contributed by atoms with Crippen LogP contribution in [-0.2, 0) is 34.3 Å². The number of hydrogen-bond acceptors (Lipinski definition) is 5. The third kappa shape index (κ3) is 5.55. The van der Waals surface area contributed by atoms with E-state index in [4.69, 9.17) is 0 Å². The van der Waals surface area contributed by atoms with Crippen LogP contribution in [0.1, 0.15) is 35.7 Å². The standard InChI is InChI=1S/C27H32N4O3S/c1-4-26(27(32)29-18-23-7-5-6-15-28-23)31(24-11-8-20(2)9-12-24)35(33,34)25-13-10-21-14-16-30(3)19-22(21)17-25/h5-13,15,17,26H,4,14,16,18-19H2,1-3H3,(H,29,32). The number of amides is 1. The molecule has 2 aromatic carbocycles. The molecule has 1 aliphatic heterocycles. The minimum absolute atomic E-state index is 0.197. The summed E-state index contributed by atoms with van der Waals surface area (Å²) in [4.78, 5) is 19.9. The average Bonchev–Trinajstić information content (AvgIpc) is 2.86. The Morgan fingerprint density at radius 1 is 1.11 bits per heavy atom. The Morgan fingerprint density at radius 2 is 1.89 bits per heavy atom. The maximum absolute atomic E-state index is 14.1. The van der Waals surface area contributed by atoms with Crippen LogP contribution in [0.3, 0.4) is 0 Å². The number of benzene rings is 2. The molecule has 0 bridgehead atoms. The molecule has 8 heteroatoms. The number of anilines is 1. The highest BCUT2D eigenvalue weighted by molar-refractivity contribution is 7.93. The molecular weight excluding hydrogens is 460 g/mol. The lowest BCUT2D eigenvalue weighted by Gasteiger charge is -2.32. The van der Waals surface area contributed by atoms with E-state index in [2.05, 4.69) is 15.2 Å². The number of hydrogen-bond donors (Lipinski definition) is 1. The molecular formula is C27H32N4O3S. The van der Waals surface area contributed by atoms with Crippen molar-refractivity contribution in [2.75, 3.05) is 17.9 Å². The summed E-state index contributed by atoms with van der Waals surface area (Å²) in [5.74, 6) is -0.361. The Balaban J connectivity index is 1.71. The van der Waals surface area contributed by atoms with E-state index in [-0.39, 0.29) is 17.3 Å². The van der Waals surface area contributed by atoms with Gasteiger partial charge in [-0.3, -0.25) is 14.1 Å². The van der Waals surface area contributed by atoms with Gasteiger partial charge in [0, 0.05) is 19.3 Å². The van der Waals surface area contributed by atoms with Crippen molar-refractivity contribution in [3.8, 4) is 0 Å². The number of nitrogens with zero attached hydrogens (tertiary/aromatic N) is 3. The van der Waals surface area contributed by atoms with Crippen molar-refractivity contribution < 1.29 is 13.2 Å². The molecule has 2 heterocycles. The van der Waals surface area contributed by atoms with E-state index in [0.29, 0.717) is 24.3 Å². The van der Waals surface area contributed by atoms with Crippen molar-refractivity contribution in [2.24, 2.45) is 0 Å². The van der Waals surface area contributed by atoms with Gasteiger partial charge in [0.1, 0.15) is 6.04 Å². The molecule has 1 unspecified atom stereocenters. The van der Waals surface area contributed by atoms with E-state index in [1.807, 2.05) is 57.3 Å². The van der Waals surface area contributed by atoms with Crippen LogP contribution >= 0.6 is 0 Å². The maximum atomic E-state index is 14.1. The lowest BCUT2D eigenvalue weighted by atomic mass is 10.0. The van der Waals surface area contributed by atoms with E-state index in [1.165, 1.54) is 9.87 Å². The van der Waals surface area contributed by atoms with Gasteiger partial charge in [0.2, 0.25) is 5.91 Å². The molecule has 1 amide bonds. The predicted octanol–water partition coefficient (Wildman–Crippen LogP) is 3.67. The predicted molar refractivity (Wildman–Crippen MR) is 137 cm³/mol. The van der Waals surface area contributed by atoms with Gasteiger partial charge in [-0.2, -0.15) is 0 Å². The number of carbonyl (C=O) groups is 1. The third-order valence-corrected chi connectivity index (χ3v) is 8.20. The zero-order chi connectivity index (χ0) is 25.0. The molecule has 184 valence electrons. The van der Waals surface area contributed by atoms with Crippen LogP contribution in [0.25, 0.3) is 0 Å². The molecule has 0 spiro atoms. The second-order valence-electron chi connectivity index (χ2n) is 9.02. The Bertz CT molecular complexity index is 1280. The molecule has 7 nitrogen and oxygen atoms in total. The average molecular weight is 493 g/mol. The third-order valence-electron chi connectivity index (χ3n) is 6.37. The van der Waals surface area contributed by atoms with E-state index in [9.17, 15) is 13.2 Å². The minimum atomic E-state index is -4.02. The van der Waals surface area contributed by atoms with Crippen molar-refractivity contribution >= 4 is 21.6 Å². The number of likely N-dealkylation sites (N-methyl/N-ethyl adjacent to an activating group) is 1. The number of aryl methyl sites for hydroxylation is 1. The highest BCUT2D eigenvalue weighted by Gasteiger charge is 2.35. The Morgan fingerprint density at radius 3 is 2.57 bits per heavy atom. The number of rotatable bonds is 8. The van der Waals surface area contributed by atoms with Crippen LogP contribution in [0.2, 0.25) is 0 Å². The van der Waals surface area contributed by atoms with Crippen LogP contribution in [0.5, 0.6) is 0 Å². The lowest BCUT2D eigenvalue weighted by molar-refractivity contribution is -0.122. The van der Waals surface area contributed by atoms with Gasteiger partial charge in [-0.25, -0.2) is 8.42 Å². The smallest absolute Gasteiger partial charge is 0.265 e. The van der Waals surface area contributed by atoms with Crippen LogP contribution in [0.4, 0.5) is 5.69 Å². The van der Waals surface area contributed by atoms with Gasteiger partial charge in [0.15, 0.2) is 0 Å². The first-order chi connectivity index (χ1) is 16.8. The summed E-state index contributed by atoms with van der Waals surface area (Å²) in [7, 11) is -1.99. The fourth-order valence-corrected chi connectivity index (χ4v) is 6.12. The first kappa shape index (κ1) is 24.9. The van der Waals surface area contributed by atoms with Gasteiger partial charge in [-0.15, -0.1) is 0 Å². The first-order valence-electron chi connectivity index (χ1n) is 11.9. The molecule has 4 rings (SSSR count). The number of sulfonamides is 1. The number of nitrogens with one attached hydrogen (secondary N) is 1. The molecule has 0 fully saturated rings. The normalized spacial score (nSPS) is 14.7. The van der Waals surface area contributed by atoms with Crippen molar-refractivity contribution in [1.82, 2.24) is 15.2 Å². The summed E-state index contributed by atoms with van der Waals surface area (Å²) in [6.45, 7) is 5.64. The summed E-state index contributed by atoms with van der Waals surface area (Å²) in [5.41, 5.74) is 4.36. The molecule has 0 saturated carbocycles. The Hall–Kier alpha value is -3.23. The molecule has 0 radical (unpaired) electrons. The molecule has 1 aliphatic rings. The molecule has 1 aromatic heterocycles. The molecule has 1 atom stereocenters. The molecule has 35 heavy (non-hydrogen) atoms. The Kier molecular flexibility index (Phi) is 7.52. The molecule has 3 aromatic rings. The second kappa shape index (κ2) is 10.6. The highest BCUT2D eigenvalue weighted by atomic mass is 32.2. The molecule has 0 saturated heterocycles. The van der Waals surface area contributed by atoms with Gasteiger partial charge in [-0.05, 0) is 74.3 Å². The second-order valence-corrected chi connectivity index (χ2v) is 10.8. The van der Waals surface area contributed by atoms with Crippen molar-refractivity contribution in [3.63, 3.8) is 0 Å². The largest absolute Gasteiger partial charge is 0.349 e. The molecule has 0 aliphatic carbocycles. The van der Waals surface area contributed by atoms with Crippen LogP contribution in [0, 0.1) is 6.92 Å². The van der Waals surface area contributed by atoms with Crippen LogP contribution in [0.15, 0.2) is 71.8 Å². The van der Waals surface area contributed by atoms with Crippen molar-refractivity contribution in [3.05, 3.63) is 89.2 Å². The van der Waals surface area contributed by atoms with Gasteiger partial charge in [-0.1, -0.05) is 36.8 Å². The Labute approximate surface area is 207 Å². The summed E-state index contributed by atoms with van der Waals surface area (Å²) in [6.07, 6.45) is 2.87. The van der Waals surface area contributed by atoms with Gasteiger partial charge in [0.05, 0.1) is 22.8 Å². The van der Waals surface area contributed by atoms with Crippen LogP contribution < -0.4 is 9.62 Å². The van der Waals surface area contributed by atoms with Crippen LogP contribution in [-0.4, -0.2) is 43.8 Å². The van der Waals surface area contributed by atoms with Gasteiger partial charge >= 0.3 is 0 Å².